The zero-order valence-electron chi connectivity index (χ0n) is 21.2. The summed E-state index contributed by atoms with van der Waals surface area (Å²) in [4.78, 5) is 38.4. The fraction of sp³-hybridized carbons (Fsp3) is 0.360. The fourth-order valence-electron chi connectivity index (χ4n) is 2.67. The maximum Gasteiger partial charge on any atom is 0.387 e. The molecule has 38 heavy (non-hydrogen) atoms. The van der Waals surface area contributed by atoms with Crippen LogP contribution in [-0.2, 0) is 20.9 Å². The SMILES string of the molecule is CCN(C)C=Nc1cc(C)c(C(=O)OCc2ccc(OC(F)F)cc2)cc1C.O=C(O)C(O)C(O)C(=O)O. The first-order valence-corrected chi connectivity index (χ1v) is 11.1. The number of carboxylic acids is 2. The highest BCUT2D eigenvalue weighted by molar-refractivity contribution is 5.92. The van der Waals surface area contributed by atoms with Gasteiger partial charge in [0.2, 0.25) is 0 Å². The number of aliphatic imine (C=N–C) groups is 1. The molecule has 0 heterocycles. The van der Waals surface area contributed by atoms with Crippen LogP contribution in [0.25, 0.3) is 0 Å². The molecule has 0 aliphatic carbocycles. The number of esters is 1. The van der Waals surface area contributed by atoms with Crippen LogP contribution in [-0.4, -0.2) is 82.0 Å². The molecule has 0 aliphatic heterocycles. The summed E-state index contributed by atoms with van der Waals surface area (Å²) < 4.78 is 34.0. The minimum absolute atomic E-state index is 0.0352. The Morgan fingerprint density at radius 1 is 1.00 bits per heavy atom. The monoisotopic (exact) mass is 540 g/mol. The van der Waals surface area contributed by atoms with E-state index in [1.165, 1.54) is 12.1 Å². The minimum Gasteiger partial charge on any atom is -0.479 e. The highest BCUT2D eigenvalue weighted by Crippen LogP contribution is 2.24. The number of hydrogen-bond acceptors (Lipinski definition) is 8. The van der Waals surface area contributed by atoms with E-state index < -0.39 is 36.7 Å². The first-order chi connectivity index (χ1) is 17.8. The molecular weight excluding hydrogens is 510 g/mol. The molecule has 2 atom stereocenters. The van der Waals surface area contributed by atoms with Gasteiger partial charge >= 0.3 is 24.5 Å². The van der Waals surface area contributed by atoms with Gasteiger partial charge in [0.05, 0.1) is 17.6 Å². The first-order valence-electron chi connectivity index (χ1n) is 11.1. The zero-order valence-corrected chi connectivity index (χ0v) is 21.2. The number of halogens is 2. The smallest absolute Gasteiger partial charge is 0.387 e. The standard InChI is InChI=1S/C21H24F2N2O3.C4H6O6/c1-5-25(4)13-24-19-11-14(2)18(10-15(19)3)20(26)27-12-16-6-8-17(9-7-16)28-21(22)23;5-1(3(7)8)2(6)4(9)10/h6-11,13,21H,5,12H2,1-4H3;1-2,5-6H,(H,7,8)(H,9,10). The molecule has 0 aliphatic rings. The van der Waals surface area contributed by atoms with Gasteiger partial charge in [-0.05, 0) is 61.7 Å². The highest BCUT2D eigenvalue weighted by Gasteiger charge is 2.29. The van der Waals surface area contributed by atoms with E-state index in [1.54, 1.807) is 24.5 Å². The summed E-state index contributed by atoms with van der Waals surface area (Å²) in [6, 6.07) is 9.57. The van der Waals surface area contributed by atoms with Crippen molar-refractivity contribution in [3.05, 3.63) is 58.7 Å². The summed E-state index contributed by atoms with van der Waals surface area (Å²) in [6.45, 7) is 3.76. The van der Waals surface area contributed by atoms with Crippen LogP contribution in [0.5, 0.6) is 5.75 Å². The molecule has 0 radical (unpaired) electrons. The normalized spacial score (nSPS) is 12.3. The van der Waals surface area contributed by atoms with Crippen molar-refractivity contribution in [2.24, 2.45) is 4.99 Å². The third-order valence-corrected chi connectivity index (χ3v) is 4.98. The molecule has 0 spiro atoms. The average Bonchev–Trinajstić information content (AvgIpc) is 2.87. The Hall–Kier alpha value is -4.10. The van der Waals surface area contributed by atoms with Gasteiger partial charge in [0.1, 0.15) is 12.4 Å². The molecule has 2 unspecified atom stereocenters. The Balaban J connectivity index is 0.000000612. The lowest BCUT2D eigenvalue weighted by Crippen LogP contribution is -2.39. The molecule has 0 aromatic heterocycles. The molecule has 208 valence electrons. The molecular formula is C25H30F2N2O9. The van der Waals surface area contributed by atoms with Gasteiger partial charge in [-0.3, -0.25) is 0 Å². The predicted molar refractivity (Wildman–Crippen MR) is 132 cm³/mol. The molecule has 0 fully saturated rings. The Morgan fingerprint density at radius 2 is 1.55 bits per heavy atom. The van der Waals surface area contributed by atoms with Crippen molar-refractivity contribution >= 4 is 29.9 Å². The zero-order chi connectivity index (χ0) is 29.0. The summed E-state index contributed by atoms with van der Waals surface area (Å²) in [7, 11) is 1.93. The summed E-state index contributed by atoms with van der Waals surface area (Å²) in [6.07, 6.45) is -2.78. The van der Waals surface area contributed by atoms with Crippen molar-refractivity contribution in [3.8, 4) is 5.75 Å². The number of carbonyl (C=O) groups excluding carboxylic acids is 1. The van der Waals surface area contributed by atoms with Crippen LogP contribution < -0.4 is 4.74 Å². The Morgan fingerprint density at radius 3 is 2.03 bits per heavy atom. The van der Waals surface area contributed by atoms with E-state index in [0.29, 0.717) is 11.1 Å². The number of aryl methyl sites for hydroxylation is 2. The second-order valence-corrected chi connectivity index (χ2v) is 7.94. The van der Waals surface area contributed by atoms with Gasteiger partial charge in [0.25, 0.3) is 0 Å². The largest absolute Gasteiger partial charge is 0.479 e. The number of carbonyl (C=O) groups is 3. The number of aliphatic hydroxyl groups is 2. The van der Waals surface area contributed by atoms with Crippen LogP contribution in [0.2, 0.25) is 0 Å². The topological polar surface area (TPSA) is 166 Å². The van der Waals surface area contributed by atoms with Gasteiger partial charge in [-0.2, -0.15) is 8.78 Å². The minimum atomic E-state index is -2.87. The van der Waals surface area contributed by atoms with E-state index in [4.69, 9.17) is 25.2 Å². The van der Waals surface area contributed by atoms with Crippen LogP contribution in [0.3, 0.4) is 0 Å². The maximum atomic E-state index is 12.4. The van der Waals surface area contributed by atoms with Crippen molar-refractivity contribution in [3.63, 3.8) is 0 Å². The van der Waals surface area contributed by atoms with Crippen molar-refractivity contribution in [2.75, 3.05) is 13.6 Å². The average molecular weight is 541 g/mol. The summed E-state index contributed by atoms with van der Waals surface area (Å²) in [5.41, 5.74) is 3.57. The van der Waals surface area contributed by atoms with Crippen LogP contribution in [0.15, 0.2) is 41.4 Å². The number of aliphatic carboxylic acids is 2. The molecule has 0 saturated heterocycles. The van der Waals surface area contributed by atoms with Crippen LogP contribution >= 0.6 is 0 Å². The summed E-state index contributed by atoms with van der Waals surface area (Å²) in [5, 5.41) is 32.5. The van der Waals surface area contributed by atoms with E-state index in [0.717, 1.165) is 23.4 Å². The molecule has 0 saturated carbocycles. The number of benzene rings is 2. The molecule has 2 rings (SSSR count). The molecule has 2 aromatic carbocycles. The Bertz CT molecular complexity index is 1110. The number of aliphatic hydroxyl groups excluding tert-OH is 2. The lowest BCUT2D eigenvalue weighted by molar-refractivity contribution is -0.165. The van der Waals surface area contributed by atoms with Crippen molar-refractivity contribution < 1.29 is 53.1 Å². The summed E-state index contributed by atoms with van der Waals surface area (Å²) in [5.74, 6) is -3.93. The Labute approximate surface area is 217 Å². The third-order valence-electron chi connectivity index (χ3n) is 4.98. The number of alkyl halides is 2. The highest BCUT2D eigenvalue weighted by atomic mass is 19.3. The van der Waals surface area contributed by atoms with Gasteiger partial charge in [-0.15, -0.1) is 0 Å². The second kappa shape index (κ2) is 15.2. The number of ether oxygens (including phenoxy) is 2. The lowest BCUT2D eigenvalue weighted by atomic mass is 10.0. The van der Waals surface area contributed by atoms with Gasteiger partial charge in [-0.1, -0.05) is 12.1 Å². The predicted octanol–water partition coefficient (Wildman–Crippen LogP) is 2.75. The van der Waals surface area contributed by atoms with Gasteiger partial charge in [0.15, 0.2) is 12.2 Å². The van der Waals surface area contributed by atoms with Crippen molar-refractivity contribution in [1.29, 1.82) is 0 Å². The van der Waals surface area contributed by atoms with Crippen LogP contribution in [0, 0.1) is 13.8 Å². The molecule has 4 N–H and O–H groups in total. The number of nitrogens with zero attached hydrogens (tertiary/aromatic N) is 2. The molecule has 0 amide bonds. The van der Waals surface area contributed by atoms with Gasteiger partial charge < -0.3 is 34.8 Å². The van der Waals surface area contributed by atoms with Crippen molar-refractivity contribution in [1.82, 2.24) is 4.90 Å². The van der Waals surface area contributed by atoms with E-state index >= 15 is 0 Å². The van der Waals surface area contributed by atoms with E-state index in [2.05, 4.69) is 9.73 Å². The van der Waals surface area contributed by atoms with Crippen LogP contribution in [0.1, 0.15) is 34.0 Å². The third kappa shape index (κ3) is 10.5. The lowest BCUT2D eigenvalue weighted by Gasteiger charge is -2.12. The Kier molecular flexibility index (Phi) is 12.8. The first kappa shape index (κ1) is 31.9. The fourth-order valence-corrected chi connectivity index (χ4v) is 2.67. The molecule has 13 heteroatoms. The number of hydrogen-bond donors (Lipinski definition) is 4. The van der Waals surface area contributed by atoms with E-state index in [1.807, 2.05) is 38.8 Å². The molecule has 2 aromatic rings. The van der Waals surface area contributed by atoms with E-state index in [-0.39, 0.29) is 12.4 Å². The summed E-state index contributed by atoms with van der Waals surface area (Å²) >= 11 is 0. The second-order valence-electron chi connectivity index (χ2n) is 7.94. The van der Waals surface area contributed by atoms with Crippen molar-refractivity contribution in [2.45, 2.75) is 46.2 Å². The maximum absolute atomic E-state index is 12.4. The number of carboxylic acid groups (broad SMARTS) is 2. The van der Waals surface area contributed by atoms with Gasteiger partial charge in [0, 0.05) is 13.6 Å². The molecule has 11 nitrogen and oxygen atoms in total. The molecule has 0 bridgehead atoms. The number of rotatable bonds is 11. The van der Waals surface area contributed by atoms with Gasteiger partial charge in [-0.25, -0.2) is 19.4 Å². The van der Waals surface area contributed by atoms with Crippen LogP contribution in [0.4, 0.5) is 14.5 Å². The quantitative estimate of drug-likeness (QED) is 0.189. The van der Waals surface area contributed by atoms with E-state index in [9.17, 15) is 23.2 Å².